The maximum Gasteiger partial charge on any atom is 0.220 e. The van der Waals surface area contributed by atoms with Crippen molar-refractivity contribution < 1.29 is 4.79 Å². The van der Waals surface area contributed by atoms with E-state index in [0.717, 1.165) is 36.3 Å². The summed E-state index contributed by atoms with van der Waals surface area (Å²) in [5, 5.41) is 8.50. The zero-order valence-electron chi connectivity index (χ0n) is 16.7. The number of halogens is 2. The van der Waals surface area contributed by atoms with E-state index < -0.39 is 0 Å². The number of nitrogens with zero attached hydrogens (tertiary/aromatic N) is 4. The van der Waals surface area contributed by atoms with Crippen molar-refractivity contribution in [3.8, 4) is 0 Å². The minimum Gasteiger partial charge on any atom is -0.356 e. The van der Waals surface area contributed by atoms with Gasteiger partial charge in [0.05, 0.1) is 10.0 Å². The number of nitrogens with one attached hydrogen (secondary N) is 1. The molecule has 3 rings (SSSR count). The second kappa shape index (κ2) is 10.1. The van der Waals surface area contributed by atoms with Crippen LogP contribution in [0.1, 0.15) is 29.8 Å². The van der Waals surface area contributed by atoms with Crippen LogP contribution in [-0.4, -0.2) is 45.5 Å². The summed E-state index contributed by atoms with van der Waals surface area (Å²) >= 11 is 12.0. The van der Waals surface area contributed by atoms with Gasteiger partial charge in [-0.1, -0.05) is 29.3 Å². The summed E-state index contributed by atoms with van der Waals surface area (Å²) in [7, 11) is 2.04. The van der Waals surface area contributed by atoms with Gasteiger partial charge in [-0.25, -0.2) is 9.50 Å². The Morgan fingerprint density at radius 1 is 1.21 bits per heavy atom. The number of rotatable bonds is 9. The summed E-state index contributed by atoms with van der Waals surface area (Å²) in [5.41, 5.74) is 3.06. The van der Waals surface area contributed by atoms with Crippen LogP contribution < -0.4 is 5.32 Å². The first kappa shape index (κ1) is 21.6. The number of carbonyl (C=O) groups is 1. The van der Waals surface area contributed by atoms with Gasteiger partial charge in [-0.15, -0.1) is 0 Å². The van der Waals surface area contributed by atoms with Crippen molar-refractivity contribution >= 4 is 34.8 Å². The maximum absolute atomic E-state index is 12.1. The number of hydrogen-bond acceptors (Lipinski definition) is 4. The molecule has 0 bridgehead atoms. The lowest BCUT2D eigenvalue weighted by atomic mass is 10.2. The molecule has 0 saturated heterocycles. The van der Waals surface area contributed by atoms with Crippen LogP contribution in [0.5, 0.6) is 0 Å². The van der Waals surface area contributed by atoms with E-state index in [4.69, 9.17) is 23.2 Å². The molecule has 0 fully saturated rings. The zero-order valence-corrected chi connectivity index (χ0v) is 18.2. The number of benzene rings is 1. The molecule has 2 heterocycles. The van der Waals surface area contributed by atoms with Gasteiger partial charge in [0.1, 0.15) is 0 Å². The fraction of sp³-hybridized carbons (Fsp3) is 0.381. The Balaban J connectivity index is 1.34. The Morgan fingerprint density at radius 2 is 2.03 bits per heavy atom. The van der Waals surface area contributed by atoms with Crippen molar-refractivity contribution in [3.05, 3.63) is 63.5 Å². The Labute approximate surface area is 180 Å². The van der Waals surface area contributed by atoms with Crippen molar-refractivity contribution in [3.63, 3.8) is 0 Å². The lowest BCUT2D eigenvalue weighted by Gasteiger charge is -2.17. The highest BCUT2D eigenvalue weighted by molar-refractivity contribution is 6.42. The maximum atomic E-state index is 12.1. The molecule has 0 atom stereocenters. The predicted octanol–water partition coefficient (Wildman–Crippen LogP) is 3.92. The smallest absolute Gasteiger partial charge is 0.220 e. The minimum absolute atomic E-state index is 0.0205. The second-order valence-electron chi connectivity index (χ2n) is 7.22. The third-order valence-electron chi connectivity index (χ3n) is 4.59. The zero-order chi connectivity index (χ0) is 20.8. The molecular formula is C21H25Cl2N5O. The molecule has 1 aromatic carbocycles. The number of fused-ring (bicyclic) bond motifs is 1. The van der Waals surface area contributed by atoms with Gasteiger partial charge in [-0.05, 0) is 62.3 Å². The SMILES string of the molecule is Cc1ccn2nc(CCC(=O)NCCCN(C)Cc3ccc(Cl)c(Cl)c3)nc2c1. The van der Waals surface area contributed by atoms with Crippen LogP contribution in [0.15, 0.2) is 36.5 Å². The van der Waals surface area contributed by atoms with Crippen molar-refractivity contribution in [1.29, 1.82) is 0 Å². The first-order valence-corrected chi connectivity index (χ1v) is 10.4. The summed E-state index contributed by atoms with van der Waals surface area (Å²) in [6.45, 7) is 4.31. The molecule has 6 nitrogen and oxygen atoms in total. The number of carbonyl (C=O) groups excluding carboxylic acids is 1. The molecule has 0 aliphatic heterocycles. The fourth-order valence-corrected chi connectivity index (χ4v) is 3.38. The van der Waals surface area contributed by atoms with Crippen LogP contribution in [0.4, 0.5) is 0 Å². The van der Waals surface area contributed by atoms with Gasteiger partial charge < -0.3 is 10.2 Å². The molecular weight excluding hydrogens is 409 g/mol. The van der Waals surface area contributed by atoms with E-state index in [-0.39, 0.29) is 5.91 Å². The average Bonchev–Trinajstić information content (AvgIpc) is 3.08. The Hall–Kier alpha value is -2.15. The first-order valence-electron chi connectivity index (χ1n) is 9.62. The number of hydrogen-bond donors (Lipinski definition) is 1. The summed E-state index contributed by atoms with van der Waals surface area (Å²) in [5.74, 6) is 0.708. The molecule has 1 amide bonds. The average molecular weight is 434 g/mol. The van der Waals surface area contributed by atoms with Gasteiger partial charge in [0, 0.05) is 32.1 Å². The van der Waals surface area contributed by atoms with Gasteiger partial charge in [0.15, 0.2) is 11.5 Å². The molecule has 154 valence electrons. The van der Waals surface area contributed by atoms with Crippen molar-refractivity contribution in [2.75, 3.05) is 20.1 Å². The van der Waals surface area contributed by atoms with Crippen LogP contribution in [0.3, 0.4) is 0 Å². The number of aromatic nitrogens is 3. The molecule has 8 heteroatoms. The van der Waals surface area contributed by atoms with E-state index in [1.54, 1.807) is 4.52 Å². The van der Waals surface area contributed by atoms with E-state index in [1.165, 1.54) is 0 Å². The lowest BCUT2D eigenvalue weighted by Crippen LogP contribution is -2.28. The molecule has 0 radical (unpaired) electrons. The summed E-state index contributed by atoms with van der Waals surface area (Å²) < 4.78 is 1.74. The van der Waals surface area contributed by atoms with Gasteiger partial charge in [-0.3, -0.25) is 4.79 Å². The van der Waals surface area contributed by atoms with Crippen LogP contribution in [0, 0.1) is 6.92 Å². The molecule has 2 aromatic heterocycles. The Bertz CT molecular complexity index is 988. The van der Waals surface area contributed by atoms with Crippen LogP contribution in [0.25, 0.3) is 5.65 Å². The summed E-state index contributed by atoms with van der Waals surface area (Å²) in [6, 6.07) is 9.63. The largest absolute Gasteiger partial charge is 0.356 e. The monoisotopic (exact) mass is 433 g/mol. The Morgan fingerprint density at radius 3 is 2.83 bits per heavy atom. The van der Waals surface area contributed by atoms with Gasteiger partial charge in [0.2, 0.25) is 5.91 Å². The molecule has 0 unspecified atom stereocenters. The highest BCUT2D eigenvalue weighted by atomic mass is 35.5. The molecule has 3 aromatic rings. The topological polar surface area (TPSA) is 62.5 Å². The van der Waals surface area contributed by atoms with E-state index in [9.17, 15) is 4.79 Å². The van der Waals surface area contributed by atoms with Crippen molar-refractivity contribution in [2.24, 2.45) is 0 Å². The molecule has 1 N–H and O–H groups in total. The third kappa shape index (κ3) is 6.42. The van der Waals surface area contributed by atoms with E-state index >= 15 is 0 Å². The highest BCUT2D eigenvalue weighted by Crippen LogP contribution is 2.23. The lowest BCUT2D eigenvalue weighted by molar-refractivity contribution is -0.121. The molecule has 0 saturated carbocycles. The number of pyridine rings is 1. The van der Waals surface area contributed by atoms with Crippen LogP contribution in [0.2, 0.25) is 10.0 Å². The Kier molecular flexibility index (Phi) is 7.47. The standard InChI is InChI=1S/C21H25Cl2N5O/c1-15-8-11-28-20(12-15)25-19(26-28)6-7-21(29)24-9-3-10-27(2)14-16-4-5-17(22)18(23)13-16/h4-5,8,11-13H,3,6-7,9-10,14H2,1-2H3,(H,24,29). The van der Waals surface area contributed by atoms with Gasteiger partial charge in [-0.2, -0.15) is 5.10 Å². The van der Waals surface area contributed by atoms with Crippen molar-refractivity contribution in [1.82, 2.24) is 24.8 Å². The second-order valence-corrected chi connectivity index (χ2v) is 8.04. The van der Waals surface area contributed by atoms with E-state index in [0.29, 0.717) is 35.3 Å². The van der Waals surface area contributed by atoms with Gasteiger partial charge in [0.25, 0.3) is 0 Å². The quantitative estimate of drug-likeness (QED) is 0.519. The third-order valence-corrected chi connectivity index (χ3v) is 5.33. The predicted molar refractivity (Wildman–Crippen MR) is 116 cm³/mol. The minimum atomic E-state index is 0.0205. The van der Waals surface area contributed by atoms with Crippen molar-refractivity contribution in [2.45, 2.75) is 32.7 Å². The van der Waals surface area contributed by atoms with Crippen LogP contribution in [-0.2, 0) is 17.8 Å². The van der Waals surface area contributed by atoms with E-state index in [1.807, 2.05) is 50.5 Å². The number of aryl methyl sites for hydroxylation is 2. The molecule has 29 heavy (non-hydrogen) atoms. The molecule has 0 aliphatic carbocycles. The highest BCUT2D eigenvalue weighted by Gasteiger charge is 2.08. The summed E-state index contributed by atoms with van der Waals surface area (Å²) in [4.78, 5) is 18.7. The van der Waals surface area contributed by atoms with E-state index in [2.05, 4.69) is 20.3 Å². The van der Waals surface area contributed by atoms with Gasteiger partial charge >= 0.3 is 0 Å². The summed E-state index contributed by atoms with van der Waals surface area (Å²) in [6.07, 6.45) is 3.67. The fourth-order valence-electron chi connectivity index (χ4n) is 3.05. The first-order chi connectivity index (χ1) is 13.9. The van der Waals surface area contributed by atoms with Crippen LogP contribution >= 0.6 is 23.2 Å². The molecule has 0 spiro atoms. The number of amides is 1. The molecule has 0 aliphatic rings. The normalized spacial score (nSPS) is 11.3.